The van der Waals surface area contributed by atoms with E-state index in [1.807, 2.05) is 0 Å². The second kappa shape index (κ2) is 17.1. The van der Waals surface area contributed by atoms with E-state index in [0.717, 1.165) is 0 Å². The Hall–Kier alpha value is -3.91. The molecule has 4 aliphatic heterocycles. The number of aliphatic hydroxyl groups excluding tert-OH is 2. The summed E-state index contributed by atoms with van der Waals surface area (Å²) in [6.45, 7) is 7.51. The van der Waals surface area contributed by atoms with Gasteiger partial charge in [0, 0.05) is 40.2 Å². The number of esters is 2. The molecule has 0 bridgehead atoms. The van der Waals surface area contributed by atoms with Crippen molar-refractivity contribution in [3.63, 3.8) is 0 Å². The van der Waals surface area contributed by atoms with Gasteiger partial charge in [0.25, 0.3) is 11.8 Å². The van der Waals surface area contributed by atoms with Crippen LogP contribution in [0.2, 0.25) is 0 Å². The van der Waals surface area contributed by atoms with Crippen molar-refractivity contribution in [2.45, 2.75) is 71.8 Å². The number of fused-ring (bicyclic) bond motifs is 2. The van der Waals surface area contributed by atoms with E-state index >= 15 is 0 Å². The van der Waals surface area contributed by atoms with Gasteiger partial charge in [-0.2, -0.15) is 0 Å². The van der Waals surface area contributed by atoms with Gasteiger partial charge in [0.2, 0.25) is 18.6 Å². The van der Waals surface area contributed by atoms with Crippen LogP contribution in [0.15, 0.2) is 34.3 Å². The van der Waals surface area contributed by atoms with Gasteiger partial charge in [0.05, 0.1) is 64.3 Å². The molecule has 19 heteroatoms. The van der Waals surface area contributed by atoms with Crippen molar-refractivity contribution >= 4 is 75.4 Å². The summed E-state index contributed by atoms with van der Waals surface area (Å²) in [6, 6.07) is 2.53. The number of hydrogen-bond donors (Lipinski definition) is 4. The van der Waals surface area contributed by atoms with E-state index in [2.05, 4.69) is 10.6 Å². The van der Waals surface area contributed by atoms with Crippen LogP contribution in [0, 0.1) is 17.3 Å². The van der Waals surface area contributed by atoms with Crippen LogP contribution < -0.4 is 45.3 Å². The maximum Gasteiger partial charge on any atom is 1.00 e. The standard InChI is InChI=1S/C21H26N2O7S.C15H16N2O5S.Na/c1-10(24)15-13-7-12(14-6-11(8-31-14)17(25)22-5)16(23(13)18(15)26)19(27)29-9-30-20(28)21(2,3)4;1-6(18)11-9-4-8(12(15(21)22)17(9)14(11)20)10-3-7(5-23-10)13(19)16-2;/h6,8,10,13,15,24H,7,9H2,1-5H3,(H,22,25);3,5-6,9,11,18H,4H2,1-2H3,(H,16,19)(H,21,22);/q;;+1/p-1/t10-,13-,15-;6-,9-,11-;/m11./s1. The van der Waals surface area contributed by atoms with E-state index < -0.39 is 60.1 Å². The summed E-state index contributed by atoms with van der Waals surface area (Å²) in [7, 11) is 3.03. The van der Waals surface area contributed by atoms with Crippen LogP contribution >= 0.6 is 22.7 Å². The Morgan fingerprint density at radius 3 is 1.62 bits per heavy atom. The Bertz CT molecular complexity index is 1980. The number of amides is 4. The van der Waals surface area contributed by atoms with Crippen molar-refractivity contribution in [2.24, 2.45) is 17.3 Å². The third-order valence-electron chi connectivity index (χ3n) is 9.61. The molecule has 6 heterocycles. The number of carboxylic acid groups (broad SMARTS) is 1. The molecule has 4 amide bonds. The summed E-state index contributed by atoms with van der Waals surface area (Å²) in [5.74, 6) is -5.25. The van der Waals surface area contributed by atoms with Crippen molar-refractivity contribution in [3.05, 3.63) is 55.2 Å². The molecular weight excluding hydrogens is 768 g/mol. The predicted molar refractivity (Wildman–Crippen MR) is 192 cm³/mol. The number of carbonyl (C=O) groups is 7. The Kier molecular flexibility index (Phi) is 13.6. The first-order valence-corrected chi connectivity index (χ1v) is 18.8. The summed E-state index contributed by atoms with van der Waals surface area (Å²) in [5, 5.41) is 39.5. The monoisotopic (exact) mass is 808 g/mol. The molecular formula is C36H41N4NaO12S2. The second-order valence-electron chi connectivity index (χ2n) is 14.2. The number of thiophene rings is 2. The van der Waals surface area contributed by atoms with Gasteiger partial charge >= 0.3 is 41.5 Å². The van der Waals surface area contributed by atoms with E-state index in [-0.39, 0.29) is 70.8 Å². The summed E-state index contributed by atoms with van der Waals surface area (Å²) in [5.41, 5.74) is 1.08. The van der Waals surface area contributed by atoms with E-state index in [1.54, 1.807) is 43.7 Å². The number of ether oxygens (including phenoxy) is 2. The van der Waals surface area contributed by atoms with Crippen molar-refractivity contribution in [1.82, 2.24) is 20.4 Å². The third kappa shape index (κ3) is 8.31. The number of rotatable bonds is 10. The third-order valence-corrected chi connectivity index (χ3v) is 11.6. The minimum atomic E-state index is -1.42. The van der Waals surface area contributed by atoms with Crippen molar-refractivity contribution in [1.29, 1.82) is 0 Å². The molecule has 4 N–H and O–H groups in total. The first-order chi connectivity index (χ1) is 25.3. The molecule has 0 aromatic carbocycles. The topological polar surface area (TPSA) is 232 Å². The van der Waals surface area contributed by atoms with E-state index in [0.29, 0.717) is 44.9 Å². The molecule has 0 radical (unpaired) electrons. The maximum absolute atomic E-state index is 12.9. The molecule has 290 valence electrons. The molecule has 2 aromatic rings. The smallest absolute Gasteiger partial charge is 0.543 e. The average molecular weight is 809 g/mol. The first-order valence-electron chi connectivity index (χ1n) is 17.0. The number of aliphatic hydroxyl groups is 2. The SMILES string of the molecule is CNC(=O)c1csc(C2=C(C(=O)OCOC(=O)C(C)(C)C)N3C(=O)[C@H]([C@@H](C)O)[C@H]3C2)c1.CNC(=O)c1csc(C2=C(C(=O)[O-])N3C(=O)[C@H]([C@@H](C)O)[C@H]3C2)c1.[Na+]. The fourth-order valence-corrected chi connectivity index (χ4v) is 8.79. The molecule has 55 heavy (non-hydrogen) atoms. The molecule has 2 saturated heterocycles. The molecule has 2 fully saturated rings. The fourth-order valence-electron chi connectivity index (χ4n) is 6.90. The number of β-lactam (4-membered cyclic amide) rings is 2. The van der Waals surface area contributed by atoms with Crippen LogP contribution in [0.3, 0.4) is 0 Å². The Labute approximate surface area is 346 Å². The summed E-state index contributed by atoms with van der Waals surface area (Å²) >= 11 is 2.52. The van der Waals surface area contributed by atoms with Crippen LogP contribution in [0.1, 0.15) is 77.9 Å². The molecule has 0 spiro atoms. The minimum absolute atomic E-state index is 0. The Morgan fingerprint density at radius 2 is 1.24 bits per heavy atom. The van der Waals surface area contributed by atoms with Gasteiger partial charge in [-0.3, -0.25) is 24.0 Å². The van der Waals surface area contributed by atoms with Crippen LogP contribution in [0.5, 0.6) is 0 Å². The maximum atomic E-state index is 12.9. The quantitative estimate of drug-likeness (QED) is 0.0860. The molecule has 0 aliphatic carbocycles. The fraction of sp³-hybridized carbons (Fsp3) is 0.472. The summed E-state index contributed by atoms with van der Waals surface area (Å²) < 4.78 is 10.1. The summed E-state index contributed by atoms with van der Waals surface area (Å²) in [4.78, 5) is 88.4. The van der Waals surface area contributed by atoms with Gasteiger partial charge in [0.1, 0.15) is 5.70 Å². The van der Waals surface area contributed by atoms with Crippen molar-refractivity contribution in [3.8, 4) is 0 Å². The number of nitrogens with zero attached hydrogens (tertiary/aromatic N) is 2. The van der Waals surface area contributed by atoms with Crippen LogP contribution in [0.4, 0.5) is 0 Å². The largest absolute Gasteiger partial charge is 1.00 e. The van der Waals surface area contributed by atoms with Gasteiger partial charge in [0.15, 0.2) is 0 Å². The van der Waals surface area contributed by atoms with Crippen LogP contribution in [0.25, 0.3) is 11.1 Å². The number of carboxylic acids is 1. The zero-order valence-electron chi connectivity index (χ0n) is 31.6. The van der Waals surface area contributed by atoms with Gasteiger partial charge in [-0.15, -0.1) is 22.7 Å². The van der Waals surface area contributed by atoms with Gasteiger partial charge in [-0.1, -0.05) is 0 Å². The molecule has 4 aliphatic rings. The molecule has 2 aromatic heterocycles. The Morgan fingerprint density at radius 1 is 0.818 bits per heavy atom. The molecule has 0 saturated carbocycles. The average Bonchev–Trinajstić information content (AvgIpc) is 3.90. The zero-order chi connectivity index (χ0) is 40.0. The Balaban J connectivity index is 0.000000250. The zero-order valence-corrected chi connectivity index (χ0v) is 35.2. The summed E-state index contributed by atoms with van der Waals surface area (Å²) in [6.07, 6.45) is -1.02. The predicted octanol–water partition coefficient (Wildman–Crippen LogP) is -2.30. The first kappa shape index (κ1) is 43.8. The van der Waals surface area contributed by atoms with E-state index in [4.69, 9.17) is 9.47 Å². The van der Waals surface area contributed by atoms with Gasteiger partial charge < -0.3 is 50.0 Å². The molecule has 6 atom stereocenters. The van der Waals surface area contributed by atoms with Gasteiger partial charge in [-0.25, -0.2) is 4.79 Å². The van der Waals surface area contributed by atoms with Crippen LogP contribution in [-0.4, -0.2) is 107 Å². The number of aliphatic carboxylic acids is 1. The van der Waals surface area contributed by atoms with Gasteiger partial charge in [-0.05, 0) is 65.2 Å². The number of carbonyl (C=O) groups excluding carboxylic acids is 7. The van der Waals surface area contributed by atoms with Crippen molar-refractivity contribution < 1.29 is 87.9 Å². The molecule has 6 rings (SSSR count). The molecule has 16 nitrogen and oxygen atoms in total. The second-order valence-corrected chi connectivity index (χ2v) is 16.0. The number of nitrogens with one attached hydrogen (secondary N) is 2. The minimum Gasteiger partial charge on any atom is -0.543 e. The number of hydrogen-bond acceptors (Lipinski definition) is 14. The normalized spacial score (nSPS) is 22.2. The van der Waals surface area contributed by atoms with Crippen molar-refractivity contribution in [2.75, 3.05) is 20.9 Å². The van der Waals surface area contributed by atoms with Crippen LogP contribution in [-0.2, 0) is 33.4 Å². The molecule has 0 unspecified atom stereocenters. The van der Waals surface area contributed by atoms with E-state index in [9.17, 15) is 48.9 Å². The van der Waals surface area contributed by atoms with E-state index in [1.165, 1.54) is 60.4 Å².